The van der Waals surface area contributed by atoms with Crippen molar-refractivity contribution in [3.05, 3.63) is 59.7 Å². The van der Waals surface area contributed by atoms with Crippen molar-refractivity contribution >= 4 is 5.91 Å². The Kier molecular flexibility index (Phi) is 6.68. The predicted molar refractivity (Wildman–Crippen MR) is 89.0 cm³/mol. The fraction of sp³-hybridized carbons (Fsp3) is 0.389. The zero-order chi connectivity index (χ0) is 19.2. The summed E-state index contributed by atoms with van der Waals surface area (Å²) in [6, 6.07) is 5.64. The van der Waals surface area contributed by atoms with Gasteiger partial charge in [-0.3, -0.25) is 14.8 Å². The van der Waals surface area contributed by atoms with Crippen LogP contribution < -0.4 is 0 Å². The maximum atomic E-state index is 12.7. The molecule has 0 saturated heterocycles. The second-order valence-electron chi connectivity index (χ2n) is 5.87. The molecule has 0 bridgehead atoms. The first kappa shape index (κ1) is 19.8. The summed E-state index contributed by atoms with van der Waals surface area (Å²) in [6.45, 7) is 2.33. The number of carbonyl (C=O) groups is 1. The molecule has 0 radical (unpaired) electrons. The number of aliphatic hydroxyl groups excluding tert-OH is 1. The van der Waals surface area contributed by atoms with E-state index in [0.29, 0.717) is 18.5 Å². The molecule has 0 saturated carbocycles. The van der Waals surface area contributed by atoms with Crippen LogP contribution in [-0.4, -0.2) is 39.0 Å². The van der Waals surface area contributed by atoms with Gasteiger partial charge >= 0.3 is 6.18 Å². The summed E-state index contributed by atoms with van der Waals surface area (Å²) in [5.74, 6) is -0.353. The molecule has 1 atom stereocenters. The van der Waals surface area contributed by atoms with Crippen molar-refractivity contribution in [3.8, 4) is 0 Å². The minimum absolute atomic E-state index is 0.0512. The number of aromatic nitrogens is 2. The summed E-state index contributed by atoms with van der Waals surface area (Å²) in [5.41, 5.74) is -0.223. The van der Waals surface area contributed by atoms with Gasteiger partial charge in [-0.1, -0.05) is 13.0 Å². The van der Waals surface area contributed by atoms with E-state index in [2.05, 4.69) is 9.97 Å². The van der Waals surface area contributed by atoms with Crippen LogP contribution in [0.5, 0.6) is 0 Å². The van der Waals surface area contributed by atoms with Crippen molar-refractivity contribution in [2.45, 2.75) is 32.0 Å². The molecule has 1 unspecified atom stereocenters. The summed E-state index contributed by atoms with van der Waals surface area (Å²) in [4.78, 5) is 21.2. The average Bonchev–Trinajstić information content (AvgIpc) is 2.61. The van der Waals surface area contributed by atoms with Crippen molar-refractivity contribution < 1.29 is 23.1 Å². The third-order valence-corrected chi connectivity index (χ3v) is 3.78. The van der Waals surface area contributed by atoms with Crippen molar-refractivity contribution in [2.75, 3.05) is 13.1 Å². The van der Waals surface area contributed by atoms with Crippen LogP contribution in [-0.2, 0) is 17.4 Å². The molecule has 0 fully saturated rings. The molecule has 0 aliphatic rings. The Morgan fingerprint density at radius 3 is 2.69 bits per heavy atom. The lowest BCUT2D eigenvalue weighted by atomic mass is 10.1. The first-order valence-electron chi connectivity index (χ1n) is 8.19. The Hall–Kier alpha value is -2.48. The van der Waals surface area contributed by atoms with E-state index in [1.165, 1.54) is 17.2 Å². The zero-order valence-electron chi connectivity index (χ0n) is 14.3. The Morgan fingerprint density at radius 1 is 1.31 bits per heavy atom. The molecule has 140 valence electrons. The number of rotatable bonds is 7. The number of amides is 1. The molecule has 5 nitrogen and oxygen atoms in total. The summed E-state index contributed by atoms with van der Waals surface area (Å²) < 4.78 is 38.2. The maximum Gasteiger partial charge on any atom is 0.433 e. The largest absolute Gasteiger partial charge is 0.433 e. The monoisotopic (exact) mass is 367 g/mol. The van der Waals surface area contributed by atoms with Gasteiger partial charge in [0.25, 0.3) is 0 Å². The highest BCUT2D eigenvalue weighted by atomic mass is 19.4. The van der Waals surface area contributed by atoms with Gasteiger partial charge in [0.1, 0.15) is 5.69 Å². The van der Waals surface area contributed by atoms with Gasteiger partial charge in [0.15, 0.2) is 0 Å². The Bertz CT molecular complexity index is 723. The molecule has 2 heterocycles. The lowest BCUT2D eigenvalue weighted by Crippen LogP contribution is -2.36. The number of hydrogen-bond acceptors (Lipinski definition) is 4. The summed E-state index contributed by atoms with van der Waals surface area (Å²) in [6.07, 6.45) is -0.868. The van der Waals surface area contributed by atoms with Gasteiger partial charge in [0.2, 0.25) is 5.91 Å². The number of aliphatic hydroxyl groups is 1. The van der Waals surface area contributed by atoms with E-state index in [4.69, 9.17) is 0 Å². The summed E-state index contributed by atoms with van der Waals surface area (Å²) >= 11 is 0. The second kappa shape index (κ2) is 8.75. The lowest BCUT2D eigenvalue weighted by Gasteiger charge is -2.25. The van der Waals surface area contributed by atoms with Crippen molar-refractivity contribution in [2.24, 2.45) is 0 Å². The number of pyridine rings is 2. The first-order valence-corrected chi connectivity index (χ1v) is 8.19. The highest BCUT2D eigenvalue weighted by Crippen LogP contribution is 2.27. The predicted octanol–water partition coefficient (Wildman–Crippen LogP) is 3.01. The van der Waals surface area contributed by atoms with Gasteiger partial charge in [0, 0.05) is 30.7 Å². The van der Waals surface area contributed by atoms with Crippen LogP contribution in [0.15, 0.2) is 42.9 Å². The Balaban J connectivity index is 2.09. The van der Waals surface area contributed by atoms with Gasteiger partial charge in [-0.15, -0.1) is 0 Å². The van der Waals surface area contributed by atoms with Crippen LogP contribution in [0.1, 0.15) is 36.3 Å². The maximum absolute atomic E-state index is 12.7. The summed E-state index contributed by atoms with van der Waals surface area (Å²) in [7, 11) is 0. The molecular weight excluding hydrogens is 347 g/mol. The van der Waals surface area contributed by atoms with Gasteiger partial charge in [0.05, 0.1) is 19.1 Å². The molecule has 0 aromatic carbocycles. The highest BCUT2D eigenvalue weighted by molar-refractivity contribution is 5.78. The van der Waals surface area contributed by atoms with Gasteiger partial charge in [-0.25, -0.2) is 0 Å². The van der Waals surface area contributed by atoms with Crippen molar-refractivity contribution in [1.82, 2.24) is 14.9 Å². The highest BCUT2D eigenvalue weighted by Gasteiger charge is 2.32. The third-order valence-electron chi connectivity index (χ3n) is 3.78. The molecule has 8 heteroatoms. The average molecular weight is 367 g/mol. The second-order valence-corrected chi connectivity index (χ2v) is 5.87. The van der Waals surface area contributed by atoms with Gasteiger partial charge in [-0.2, -0.15) is 13.2 Å². The third kappa shape index (κ3) is 5.52. The normalized spacial score (nSPS) is 12.7. The lowest BCUT2D eigenvalue weighted by molar-refractivity contribution is -0.141. The summed E-state index contributed by atoms with van der Waals surface area (Å²) in [5, 5.41) is 10.3. The van der Waals surface area contributed by atoms with E-state index in [1.54, 1.807) is 18.3 Å². The van der Waals surface area contributed by atoms with E-state index in [1.807, 2.05) is 6.92 Å². The molecule has 26 heavy (non-hydrogen) atoms. The number of carbonyl (C=O) groups excluding carboxylic acids is 1. The SMILES string of the molecule is CCCN(CC(O)c1cccnc1)C(=O)Cc1ccnc(C(F)(F)F)c1. The number of alkyl halides is 3. The zero-order valence-corrected chi connectivity index (χ0v) is 14.3. The minimum atomic E-state index is -4.56. The van der Waals surface area contributed by atoms with E-state index in [0.717, 1.165) is 12.3 Å². The number of halogens is 3. The fourth-order valence-corrected chi connectivity index (χ4v) is 2.50. The van der Waals surface area contributed by atoms with Crippen molar-refractivity contribution in [1.29, 1.82) is 0 Å². The molecule has 2 aromatic heterocycles. The molecular formula is C18H20F3N3O2. The number of nitrogens with zero attached hydrogens (tertiary/aromatic N) is 3. The van der Waals surface area contributed by atoms with Crippen LogP contribution in [0.2, 0.25) is 0 Å². The Labute approximate surface area is 149 Å². The minimum Gasteiger partial charge on any atom is -0.386 e. The standard InChI is InChI=1S/C18H20F3N3O2/c1-2-8-24(12-15(25)14-4-3-6-22-11-14)17(26)10-13-5-7-23-16(9-13)18(19,20)21/h3-7,9,11,15,25H,2,8,10,12H2,1H3. The quantitative estimate of drug-likeness (QED) is 0.817. The van der Waals surface area contributed by atoms with E-state index >= 15 is 0 Å². The molecule has 0 aliphatic heterocycles. The van der Waals surface area contributed by atoms with Gasteiger partial charge < -0.3 is 10.0 Å². The van der Waals surface area contributed by atoms with Crippen LogP contribution in [0.25, 0.3) is 0 Å². The van der Waals surface area contributed by atoms with Crippen LogP contribution in [0.3, 0.4) is 0 Å². The first-order chi connectivity index (χ1) is 12.3. The molecule has 1 N–H and O–H groups in total. The molecule has 0 aliphatic carbocycles. The number of hydrogen-bond donors (Lipinski definition) is 1. The van der Waals surface area contributed by atoms with Gasteiger partial charge in [-0.05, 0) is 30.2 Å². The fourth-order valence-electron chi connectivity index (χ4n) is 2.50. The smallest absolute Gasteiger partial charge is 0.386 e. The van der Waals surface area contributed by atoms with E-state index < -0.39 is 18.0 Å². The van der Waals surface area contributed by atoms with E-state index in [-0.39, 0.29) is 24.4 Å². The molecule has 0 spiro atoms. The van der Waals surface area contributed by atoms with Crippen molar-refractivity contribution in [3.63, 3.8) is 0 Å². The van der Waals surface area contributed by atoms with Crippen LogP contribution >= 0.6 is 0 Å². The topological polar surface area (TPSA) is 66.3 Å². The van der Waals surface area contributed by atoms with E-state index in [9.17, 15) is 23.1 Å². The van der Waals surface area contributed by atoms with Crippen LogP contribution in [0.4, 0.5) is 13.2 Å². The molecule has 2 rings (SSSR count). The molecule has 1 amide bonds. The van der Waals surface area contributed by atoms with Crippen LogP contribution in [0, 0.1) is 0 Å². The Morgan fingerprint density at radius 2 is 2.08 bits per heavy atom. The molecule has 2 aromatic rings.